The number of aryl methyl sites for hydroxylation is 1. The Bertz CT molecular complexity index is 901. The zero-order valence-electron chi connectivity index (χ0n) is 15.7. The maximum atomic E-state index is 13.8. The van der Waals surface area contributed by atoms with E-state index >= 15 is 0 Å². The Morgan fingerprint density at radius 3 is 1.91 bits per heavy atom. The van der Waals surface area contributed by atoms with E-state index in [2.05, 4.69) is 24.8 Å². The molecule has 32 heavy (non-hydrogen) atoms. The molecule has 184 valence electrons. The van der Waals surface area contributed by atoms with Crippen molar-refractivity contribution in [1.29, 1.82) is 0 Å². The molecule has 0 radical (unpaired) electrons. The fourth-order valence-electron chi connectivity index (χ4n) is 2.21. The van der Waals surface area contributed by atoms with Crippen LogP contribution in [0.4, 0.5) is 39.5 Å². The second-order valence-electron chi connectivity index (χ2n) is 6.24. The molecule has 0 N–H and O–H groups in total. The third-order valence-corrected chi connectivity index (χ3v) is 5.88. The smallest absolute Gasteiger partial charge is 0.460 e. The molecule has 0 saturated heterocycles. The average molecular weight is 569 g/mol. The van der Waals surface area contributed by atoms with Crippen LogP contribution < -0.4 is 0 Å². The van der Waals surface area contributed by atoms with Crippen LogP contribution in [0.1, 0.15) is 18.4 Å². The van der Waals surface area contributed by atoms with Crippen LogP contribution in [0.3, 0.4) is 0 Å². The first-order valence-corrected chi connectivity index (χ1v) is 10.5. The standard InChI is InChI=1S/C16H14BrF9O5S/c1-30-12(27)11(4-2-3-9-5-7-10(17)8-6-9)31-32(28,29)16(25,26)14(20,21)13(18,19)15(22,23)24/h5-8,11H,2-4H2,1H3. The van der Waals surface area contributed by atoms with Gasteiger partial charge in [-0.1, -0.05) is 28.1 Å². The Morgan fingerprint density at radius 1 is 0.969 bits per heavy atom. The van der Waals surface area contributed by atoms with Gasteiger partial charge in [-0.05, 0) is 37.0 Å². The molecule has 5 nitrogen and oxygen atoms in total. The van der Waals surface area contributed by atoms with Gasteiger partial charge in [0.05, 0.1) is 7.11 Å². The number of methoxy groups -OCH3 is 1. The first-order chi connectivity index (χ1) is 14.3. The molecule has 0 bridgehead atoms. The van der Waals surface area contributed by atoms with Gasteiger partial charge in [-0.25, -0.2) is 4.79 Å². The highest BCUT2D eigenvalue weighted by Crippen LogP contribution is 2.55. The molecular weight excluding hydrogens is 555 g/mol. The van der Waals surface area contributed by atoms with Crippen LogP contribution in [0.15, 0.2) is 28.7 Å². The molecule has 0 aliphatic carbocycles. The van der Waals surface area contributed by atoms with Crippen LogP contribution in [-0.2, 0) is 30.3 Å². The lowest BCUT2D eigenvalue weighted by Crippen LogP contribution is -2.63. The van der Waals surface area contributed by atoms with Gasteiger partial charge in [-0.3, -0.25) is 4.18 Å². The fourth-order valence-corrected chi connectivity index (χ4v) is 3.52. The first kappa shape index (κ1) is 28.5. The van der Waals surface area contributed by atoms with Crippen molar-refractivity contribution in [3.63, 3.8) is 0 Å². The summed E-state index contributed by atoms with van der Waals surface area (Å²) in [6.07, 6.45) is -10.5. The van der Waals surface area contributed by atoms with Gasteiger partial charge in [0.15, 0.2) is 6.10 Å². The maximum Gasteiger partial charge on any atom is 0.460 e. The predicted octanol–water partition coefficient (Wildman–Crippen LogP) is 5.09. The highest BCUT2D eigenvalue weighted by Gasteiger charge is 2.86. The molecule has 0 amide bonds. The van der Waals surface area contributed by atoms with Crippen molar-refractivity contribution in [2.75, 3.05) is 7.11 Å². The van der Waals surface area contributed by atoms with E-state index < -0.39 is 51.9 Å². The van der Waals surface area contributed by atoms with E-state index in [9.17, 15) is 52.7 Å². The van der Waals surface area contributed by atoms with Crippen LogP contribution >= 0.6 is 15.9 Å². The summed E-state index contributed by atoms with van der Waals surface area (Å²) in [5, 5.41) is -7.06. The van der Waals surface area contributed by atoms with Gasteiger partial charge >= 0.3 is 39.4 Å². The van der Waals surface area contributed by atoms with E-state index in [4.69, 9.17) is 0 Å². The Hall–Kier alpha value is -1.55. The summed E-state index contributed by atoms with van der Waals surface area (Å²) in [7, 11) is -6.54. The van der Waals surface area contributed by atoms with E-state index in [0.29, 0.717) is 17.1 Å². The lowest BCUT2D eigenvalue weighted by atomic mass is 10.1. The maximum absolute atomic E-state index is 13.8. The monoisotopic (exact) mass is 568 g/mol. The molecule has 0 heterocycles. The van der Waals surface area contributed by atoms with E-state index in [1.165, 1.54) is 0 Å². The van der Waals surface area contributed by atoms with Gasteiger partial charge in [0.2, 0.25) is 0 Å². The fraction of sp³-hybridized carbons (Fsp3) is 0.562. The Morgan fingerprint density at radius 2 is 1.47 bits per heavy atom. The summed E-state index contributed by atoms with van der Waals surface area (Å²) in [5.41, 5.74) is 0.612. The lowest BCUT2D eigenvalue weighted by molar-refractivity contribution is -0.382. The van der Waals surface area contributed by atoms with E-state index in [-0.39, 0.29) is 12.8 Å². The number of alkyl halides is 9. The predicted molar refractivity (Wildman–Crippen MR) is 93.8 cm³/mol. The summed E-state index contributed by atoms with van der Waals surface area (Å²) in [6, 6.07) is 6.39. The summed E-state index contributed by atoms with van der Waals surface area (Å²) >= 11 is 3.15. The molecule has 16 heteroatoms. The van der Waals surface area contributed by atoms with Crippen molar-refractivity contribution in [1.82, 2.24) is 0 Å². The Kier molecular flexibility index (Phi) is 8.68. The Labute approximate surface area is 184 Å². The number of carbonyl (C=O) groups excluding carboxylic acids is 1. The molecule has 1 atom stereocenters. The van der Waals surface area contributed by atoms with Crippen molar-refractivity contribution >= 4 is 32.0 Å². The number of esters is 1. The van der Waals surface area contributed by atoms with Crippen LogP contribution in [-0.4, -0.2) is 50.9 Å². The van der Waals surface area contributed by atoms with E-state index in [0.717, 1.165) is 0 Å². The van der Waals surface area contributed by atoms with E-state index in [1.54, 1.807) is 24.3 Å². The van der Waals surface area contributed by atoms with Gasteiger partial charge in [0.25, 0.3) is 0 Å². The van der Waals surface area contributed by atoms with Gasteiger partial charge < -0.3 is 4.74 Å². The molecule has 0 aliphatic heterocycles. The summed E-state index contributed by atoms with van der Waals surface area (Å²) in [6.45, 7) is 0. The number of carbonyl (C=O) groups is 1. The van der Waals surface area contributed by atoms with Gasteiger partial charge in [-0.15, -0.1) is 0 Å². The molecule has 1 rings (SSSR count). The van der Waals surface area contributed by atoms with Crippen LogP contribution in [0, 0.1) is 0 Å². The van der Waals surface area contributed by atoms with Gasteiger partial charge in [0.1, 0.15) is 0 Å². The molecule has 0 aliphatic rings. The summed E-state index contributed by atoms with van der Waals surface area (Å²) < 4.78 is 148. The van der Waals surface area contributed by atoms with E-state index in [1.807, 2.05) is 0 Å². The average Bonchev–Trinajstić information content (AvgIpc) is 2.66. The highest BCUT2D eigenvalue weighted by molar-refractivity contribution is 9.10. The number of rotatable bonds is 10. The summed E-state index contributed by atoms with van der Waals surface area (Å²) in [5.74, 6) is -16.6. The van der Waals surface area contributed by atoms with Crippen molar-refractivity contribution in [2.24, 2.45) is 0 Å². The molecule has 1 aromatic carbocycles. The number of hydrogen-bond acceptors (Lipinski definition) is 5. The minimum atomic E-state index is -7.46. The van der Waals surface area contributed by atoms with Crippen LogP contribution in [0.25, 0.3) is 0 Å². The number of hydrogen-bond donors (Lipinski definition) is 0. The Balaban J connectivity index is 3.11. The molecular formula is C16H14BrF9O5S. The van der Waals surface area contributed by atoms with Crippen LogP contribution in [0.5, 0.6) is 0 Å². The SMILES string of the molecule is COC(=O)C(CCCc1ccc(Br)cc1)OS(=O)(=O)C(F)(F)C(F)(F)C(F)(F)C(F)(F)F. The number of halogens is 10. The zero-order chi connectivity index (χ0) is 25.2. The molecule has 0 aromatic heterocycles. The minimum Gasteiger partial charge on any atom is -0.467 e. The highest BCUT2D eigenvalue weighted by atomic mass is 79.9. The second-order valence-corrected chi connectivity index (χ2v) is 8.77. The third-order valence-electron chi connectivity index (χ3n) is 3.98. The quantitative estimate of drug-likeness (QED) is 0.223. The van der Waals surface area contributed by atoms with Crippen molar-refractivity contribution < 1.29 is 61.6 Å². The molecule has 0 fully saturated rings. The zero-order valence-corrected chi connectivity index (χ0v) is 18.1. The lowest BCUT2D eigenvalue weighted by Gasteiger charge is -2.33. The van der Waals surface area contributed by atoms with Gasteiger partial charge in [0, 0.05) is 4.47 Å². The van der Waals surface area contributed by atoms with Gasteiger partial charge in [-0.2, -0.15) is 47.9 Å². The largest absolute Gasteiger partial charge is 0.467 e. The number of ether oxygens (including phenoxy) is 1. The van der Waals surface area contributed by atoms with Crippen LogP contribution in [0.2, 0.25) is 0 Å². The molecule has 0 spiro atoms. The number of benzene rings is 1. The minimum absolute atomic E-state index is 0.100. The third kappa shape index (κ3) is 5.68. The second kappa shape index (κ2) is 9.75. The van der Waals surface area contributed by atoms with Crippen molar-refractivity contribution in [2.45, 2.75) is 48.6 Å². The molecule has 1 unspecified atom stereocenters. The van der Waals surface area contributed by atoms with Crippen molar-refractivity contribution in [3.05, 3.63) is 34.3 Å². The topological polar surface area (TPSA) is 69.7 Å². The van der Waals surface area contributed by atoms with Crippen molar-refractivity contribution in [3.8, 4) is 0 Å². The first-order valence-electron chi connectivity index (χ1n) is 8.27. The molecule has 0 saturated carbocycles. The molecule has 1 aromatic rings. The summed E-state index contributed by atoms with van der Waals surface area (Å²) in [4.78, 5) is 11.6. The normalized spacial score (nSPS) is 14.8.